The predicted octanol–water partition coefficient (Wildman–Crippen LogP) is 13.5. The Hall–Kier alpha value is -5.44. The van der Waals surface area contributed by atoms with Gasteiger partial charge in [-0.15, -0.1) is 11.3 Å². The zero-order valence-corrected chi connectivity index (χ0v) is 27.2. The molecule has 0 spiro atoms. The van der Waals surface area contributed by atoms with Crippen LogP contribution in [0.3, 0.4) is 0 Å². The minimum absolute atomic E-state index is 0.328. The SMILES string of the molecule is [2H]C([2H])([2H])C1(C([2H])([2H])[2H])c2ccccc2-c2ccc(-c3ccc4c(c3)sc3ccc(N(c5ccccc5)c5ccccc5-c5ccc(C)cc5)cc34)cc21. The van der Waals surface area contributed by atoms with Gasteiger partial charge in [-0.25, -0.2) is 0 Å². The summed E-state index contributed by atoms with van der Waals surface area (Å²) in [5, 5.41) is 2.26. The molecule has 8 aromatic rings. The average Bonchev–Trinajstić information content (AvgIpc) is 3.69. The lowest BCUT2D eigenvalue weighted by atomic mass is 9.81. The molecule has 0 atom stereocenters. The summed E-state index contributed by atoms with van der Waals surface area (Å²) in [7, 11) is 0. The van der Waals surface area contributed by atoms with Crippen LogP contribution in [0.4, 0.5) is 17.1 Å². The number of aryl methyl sites for hydroxylation is 1. The Labute approximate surface area is 294 Å². The number of thiophene rings is 1. The fourth-order valence-corrected chi connectivity index (χ4v) is 8.32. The molecule has 1 heterocycles. The molecule has 0 fully saturated rings. The lowest BCUT2D eigenvalue weighted by Crippen LogP contribution is -2.14. The smallest absolute Gasteiger partial charge is 0.0540 e. The first-order chi connectivity index (χ1) is 26.0. The minimum atomic E-state index is -2.81. The van der Waals surface area contributed by atoms with E-state index >= 15 is 0 Å². The van der Waals surface area contributed by atoms with E-state index in [-0.39, 0.29) is 0 Å². The number of fused-ring (bicyclic) bond motifs is 6. The van der Waals surface area contributed by atoms with E-state index in [1.54, 1.807) is 29.5 Å². The highest BCUT2D eigenvalue weighted by atomic mass is 32.1. The van der Waals surface area contributed by atoms with Gasteiger partial charge in [-0.05, 0) is 94.4 Å². The van der Waals surface area contributed by atoms with Gasteiger partial charge in [-0.2, -0.15) is 0 Å². The van der Waals surface area contributed by atoms with Crippen LogP contribution in [0, 0.1) is 6.92 Å². The molecule has 1 nitrogen and oxygen atoms in total. The lowest BCUT2D eigenvalue weighted by molar-refractivity contribution is 0.660. The Bertz CT molecular complexity index is 2690. The fourth-order valence-electron chi connectivity index (χ4n) is 7.19. The molecule has 230 valence electrons. The Morgan fingerprint density at radius 2 is 1.19 bits per heavy atom. The van der Waals surface area contributed by atoms with Crippen molar-refractivity contribution in [2.75, 3.05) is 4.90 Å². The Balaban J connectivity index is 1.17. The van der Waals surface area contributed by atoms with E-state index in [0.717, 1.165) is 59.5 Å². The Kier molecular flexibility index (Phi) is 5.30. The molecule has 0 unspecified atom stereocenters. The van der Waals surface area contributed by atoms with Crippen LogP contribution in [0.1, 0.15) is 38.6 Å². The second-order valence-corrected chi connectivity index (χ2v) is 13.7. The first kappa shape index (κ1) is 23.0. The molecule has 48 heavy (non-hydrogen) atoms. The van der Waals surface area contributed by atoms with E-state index < -0.39 is 19.1 Å². The number of hydrogen-bond acceptors (Lipinski definition) is 2. The first-order valence-electron chi connectivity index (χ1n) is 19.2. The van der Waals surface area contributed by atoms with E-state index in [1.807, 2.05) is 30.3 Å². The molecule has 1 aliphatic carbocycles. The molecule has 1 aliphatic rings. The Morgan fingerprint density at radius 3 is 2.02 bits per heavy atom. The van der Waals surface area contributed by atoms with Gasteiger partial charge < -0.3 is 4.90 Å². The summed E-state index contributed by atoms with van der Waals surface area (Å²) in [6.07, 6.45) is 0. The fraction of sp³-hybridized carbons (Fsp3) is 0.0870. The van der Waals surface area contributed by atoms with E-state index in [9.17, 15) is 0 Å². The summed E-state index contributed by atoms with van der Waals surface area (Å²) in [4.78, 5) is 2.32. The third-order valence-corrected chi connectivity index (χ3v) is 10.7. The van der Waals surface area contributed by atoms with Crippen molar-refractivity contribution in [3.63, 3.8) is 0 Å². The molecule has 0 radical (unpaired) electrons. The molecule has 0 amide bonds. The predicted molar refractivity (Wildman–Crippen MR) is 207 cm³/mol. The number of benzene rings is 7. The first-order valence-corrected chi connectivity index (χ1v) is 17.0. The number of hydrogen-bond donors (Lipinski definition) is 0. The lowest BCUT2D eigenvalue weighted by Gasteiger charge is -2.28. The van der Waals surface area contributed by atoms with Gasteiger partial charge in [0.15, 0.2) is 0 Å². The minimum Gasteiger partial charge on any atom is -0.310 e. The summed E-state index contributed by atoms with van der Waals surface area (Å²) in [5.41, 5.74) is 8.21. The molecule has 7 aromatic carbocycles. The molecule has 2 heteroatoms. The van der Waals surface area contributed by atoms with Crippen LogP contribution >= 0.6 is 11.3 Å². The van der Waals surface area contributed by atoms with Crippen molar-refractivity contribution in [3.8, 4) is 33.4 Å². The molecule has 0 saturated carbocycles. The third kappa shape index (κ3) is 4.59. The van der Waals surface area contributed by atoms with Crippen molar-refractivity contribution in [2.24, 2.45) is 0 Å². The topological polar surface area (TPSA) is 3.24 Å². The van der Waals surface area contributed by atoms with Crippen LogP contribution in [-0.2, 0) is 5.41 Å². The second kappa shape index (κ2) is 11.1. The van der Waals surface area contributed by atoms with Gasteiger partial charge in [-0.3, -0.25) is 0 Å². The maximum atomic E-state index is 8.63. The van der Waals surface area contributed by atoms with Crippen LogP contribution in [0.25, 0.3) is 53.6 Å². The van der Waals surface area contributed by atoms with Gasteiger partial charge in [0.25, 0.3) is 0 Å². The summed E-state index contributed by atoms with van der Waals surface area (Å²) in [6, 6.07) is 53.2. The highest BCUT2D eigenvalue weighted by molar-refractivity contribution is 7.25. The van der Waals surface area contributed by atoms with Gasteiger partial charge >= 0.3 is 0 Å². The van der Waals surface area contributed by atoms with E-state index in [0.29, 0.717) is 22.3 Å². The number of nitrogens with zero attached hydrogens (tertiary/aromatic N) is 1. The van der Waals surface area contributed by atoms with Crippen LogP contribution in [0.15, 0.2) is 158 Å². The van der Waals surface area contributed by atoms with Crippen molar-refractivity contribution in [1.82, 2.24) is 0 Å². The third-order valence-electron chi connectivity index (χ3n) is 9.61. The van der Waals surface area contributed by atoms with Gasteiger partial charge in [0, 0.05) is 50.8 Å². The highest BCUT2D eigenvalue weighted by Gasteiger charge is 2.35. The van der Waals surface area contributed by atoms with Crippen molar-refractivity contribution in [2.45, 2.75) is 26.0 Å². The maximum Gasteiger partial charge on any atom is 0.0540 e. The van der Waals surface area contributed by atoms with E-state index in [1.165, 1.54) is 5.56 Å². The summed E-state index contributed by atoms with van der Waals surface area (Å²) < 4.78 is 54.0. The zero-order chi connectivity index (χ0) is 37.4. The molecule has 9 rings (SSSR count). The van der Waals surface area contributed by atoms with E-state index in [4.69, 9.17) is 8.22 Å². The Morgan fingerprint density at radius 1 is 0.500 bits per heavy atom. The van der Waals surface area contributed by atoms with Crippen molar-refractivity contribution in [1.29, 1.82) is 0 Å². The summed E-state index contributed by atoms with van der Waals surface area (Å²) in [5.74, 6) is 0. The number of para-hydroxylation sites is 2. The molecular weight excluding hydrogens is 599 g/mol. The highest BCUT2D eigenvalue weighted by Crippen LogP contribution is 2.50. The van der Waals surface area contributed by atoms with Gasteiger partial charge in [0.1, 0.15) is 0 Å². The second-order valence-electron chi connectivity index (χ2n) is 12.6. The molecule has 1 aromatic heterocycles. The average molecular weight is 640 g/mol. The van der Waals surface area contributed by atoms with E-state index in [2.05, 4.69) is 121 Å². The molecule has 0 saturated heterocycles. The molecule has 0 N–H and O–H groups in total. The van der Waals surface area contributed by atoms with Crippen LogP contribution in [0.5, 0.6) is 0 Å². The van der Waals surface area contributed by atoms with Crippen molar-refractivity contribution >= 4 is 48.6 Å². The largest absolute Gasteiger partial charge is 0.310 e. The van der Waals surface area contributed by atoms with Gasteiger partial charge in [0.05, 0.1) is 5.69 Å². The van der Waals surface area contributed by atoms with Crippen LogP contribution in [-0.4, -0.2) is 0 Å². The van der Waals surface area contributed by atoms with Gasteiger partial charge in [-0.1, -0.05) is 128 Å². The molecular formula is C46H35NS. The standard InChI is InChI=1S/C46H35NS/c1-30-17-19-31(20-18-30)36-13-8-10-16-43(36)47(34-11-5-4-6-12-34)35-23-26-44-40(29-35)39-25-22-33(28-45(39)48-44)32-21-24-38-37-14-7-9-15-41(37)46(2,3)42(38)27-32/h4-29H,1-3H3/i2D3,3D3. The zero-order valence-electron chi connectivity index (χ0n) is 32.4. The monoisotopic (exact) mass is 639 g/mol. The maximum absolute atomic E-state index is 8.63. The number of rotatable bonds is 5. The summed E-state index contributed by atoms with van der Waals surface area (Å²) in [6.45, 7) is -3.51. The molecule has 0 bridgehead atoms. The quantitative estimate of drug-likeness (QED) is 0.181. The normalized spacial score (nSPS) is 15.4. The number of anilines is 3. The van der Waals surface area contributed by atoms with Crippen molar-refractivity contribution < 1.29 is 8.22 Å². The summed E-state index contributed by atoms with van der Waals surface area (Å²) >= 11 is 1.71. The van der Waals surface area contributed by atoms with Gasteiger partial charge in [0.2, 0.25) is 0 Å². The van der Waals surface area contributed by atoms with Crippen LogP contribution < -0.4 is 4.90 Å². The molecule has 0 aliphatic heterocycles. The van der Waals surface area contributed by atoms with Crippen molar-refractivity contribution in [3.05, 3.63) is 174 Å². The van der Waals surface area contributed by atoms with Crippen LogP contribution in [0.2, 0.25) is 0 Å².